The number of rotatable bonds is 3. The highest BCUT2D eigenvalue weighted by molar-refractivity contribution is 5.85. The lowest BCUT2D eigenvalue weighted by Crippen LogP contribution is -2.54. The second-order valence-corrected chi connectivity index (χ2v) is 7.29. The summed E-state index contributed by atoms with van der Waals surface area (Å²) in [7, 11) is 0. The number of esters is 1. The van der Waals surface area contributed by atoms with Gasteiger partial charge in [0.15, 0.2) is 0 Å². The molecule has 1 heterocycles. The first-order valence-corrected chi connectivity index (χ1v) is 9.11. The highest BCUT2D eigenvalue weighted by Gasteiger charge is 2.46. The molecule has 24 heavy (non-hydrogen) atoms. The Hall–Kier alpha value is -1.06. The highest BCUT2D eigenvalue weighted by Crippen LogP contribution is 2.42. The first-order chi connectivity index (χ1) is 11.1. The smallest absolute Gasteiger partial charge is 0.303 e. The highest BCUT2D eigenvalue weighted by atomic mass is 35.5. The molecule has 1 aliphatic carbocycles. The average molecular weight is 352 g/mol. The van der Waals surface area contributed by atoms with Crippen molar-refractivity contribution in [3.8, 4) is 0 Å². The maximum atomic E-state index is 11.8. The summed E-state index contributed by atoms with van der Waals surface area (Å²) in [5.41, 5.74) is 0.684. The number of halogens is 1. The van der Waals surface area contributed by atoms with Gasteiger partial charge in [0.2, 0.25) is 0 Å². The Labute approximate surface area is 152 Å². The molecule has 0 N–H and O–H groups in total. The molecule has 1 saturated heterocycles. The molecule has 2 fully saturated rings. The minimum Gasteiger partial charge on any atom is -0.454 e. The number of carbonyl (C=O) groups is 1. The van der Waals surface area contributed by atoms with Crippen molar-refractivity contribution in [2.24, 2.45) is 5.92 Å². The molecule has 3 rings (SSSR count). The zero-order valence-electron chi connectivity index (χ0n) is 14.9. The Morgan fingerprint density at radius 2 is 1.83 bits per heavy atom. The van der Waals surface area contributed by atoms with Gasteiger partial charge in [0.1, 0.15) is 5.60 Å². The van der Waals surface area contributed by atoms with E-state index in [0.717, 1.165) is 31.1 Å². The predicted octanol–water partition coefficient (Wildman–Crippen LogP) is 4.54. The summed E-state index contributed by atoms with van der Waals surface area (Å²) in [5.74, 6) is 0.135. The summed E-state index contributed by atoms with van der Waals surface area (Å²) in [6.45, 7) is 5.82. The number of hydrogen-bond acceptors (Lipinski definition) is 3. The van der Waals surface area contributed by atoms with Crippen molar-refractivity contribution in [1.29, 1.82) is 0 Å². The van der Waals surface area contributed by atoms with Crippen molar-refractivity contribution < 1.29 is 9.53 Å². The maximum absolute atomic E-state index is 11.8. The van der Waals surface area contributed by atoms with Gasteiger partial charge in [-0.2, -0.15) is 0 Å². The molecule has 1 aromatic carbocycles. The van der Waals surface area contributed by atoms with Gasteiger partial charge in [0.25, 0.3) is 0 Å². The van der Waals surface area contributed by atoms with Gasteiger partial charge in [-0.05, 0) is 18.4 Å². The molecule has 2 atom stereocenters. The van der Waals surface area contributed by atoms with E-state index in [9.17, 15) is 4.79 Å². The molecule has 0 bridgehead atoms. The fraction of sp³-hybridized carbons (Fsp3) is 0.650. The van der Waals surface area contributed by atoms with Gasteiger partial charge in [-0.25, -0.2) is 0 Å². The Kier molecular flexibility index (Phi) is 6.70. The molecule has 134 valence electrons. The van der Waals surface area contributed by atoms with E-state index >= 15 is 0 Å². The van der Waals surface area contributed by atoms with Crippen molar-refractivity contribution in [1.82, 2.24) is 4.90 Å². The van der Waals surface area contributed by atoms with Crippen LogP contribution < -0.4 is 0 Å². The molecular weight excluding hydrogens is 322 g/mol. The van der Waals surface area contributed by atoms with Crippen molar-refractivity contribution in [2.45, 2.75) is 64.0 Å². The molecule has 0 amide bonds. The molecule has 2 unspecified atom stereocenters. The third-order valence-corrected chi connectivity index (χ3v) is 5.75. The van der Waals surface area contributed by atoms with Crippen LogP contribution in [0, 0.1) is 5.92 Å². The summed E-state index contributed by atoms with van der Waals surface area (Å²) in [4.78, 5) is 14.4. The van der Waals surface area contributed by atoms with Crippen LogP contribution in [0.2, 0.25) is 0 Å². The van der Waals surface area contributed by atoms with Crippen LogP contribution in [0.3, 0.4) is 0 Å². The maximum Gasteiger partial charge on any atom is 0.303 e. The summed E-state index contributed by atoms with van der Waals surface area (Å²) < 4.78 is 5.95. The van der Waals surface area contributed by atoms with Gasteiger partial charge in [-0.1, -0.05) is 56.5 Å². The van der Waals surface area contributed by atoms with E-state index in [1.165, 1.54) is 39.0 Å². The lowest BCUT2D eigenvalue weighted by molar-refractivity contribution is -0.174. The SMILES string of the molecule is CC(=O)OC1(c2ccccc2)CCN(C2CCCCC2)CC1C.Cl. The standard InChI is InChI=1S/C20H29NO2.ClH/c1-16-15-21(19-11-7-4-8-12-19)14-13-20(16,23-17(2)22)18-9-5-3-6-10-18;/h3,5-6,9-10,16,19H,4,7-8,11-15H2,1-2H3;1H. The minimum absolute atomic E-state index is 0. The van der Waals surface area contributed by atoms with Crippen LogP contribution in [0.1, 0.15) is 57.9 Å². The molecule has 4 heteroatoms. The van der Waals surface area contributed by atoms with Gasteiger partial charge < -0.3 is 4.74 Å². The van der Waals surface area contributed by atoms with Crippen molar-refractivity contribution in [3.05, 3.63) is 35.9 Å². The number of nitrogens with zero attached hydrogens (tertiary/aromatic N) is 1. The summed E-state index contributed by atoms with van der Waals surface area (Å²) >= 11 is 0. The van der Waals surface area contributed by atoms with Crippen LogP contribution in [0.15, 0.2) is 30.3 Å². The van der Waals surface area contributed by atoms with Gasteiger partial charge in [-0.3, -0.25) is 9.69 Å². The van der Waals surface area contributed by atoms with E-state index in [0.29, 0.717) is 5.92 Å². The number of hydrogen-bond donors (Lipinski definition) is 0. The van der Waals surface area contributed by atoms with Gasteiger partial charge >= 0.3 is 5.97 Å². The molecule has 0 radical (unpaired) electrons. The largest absolute Gasteiger partial charge is 0.454 e. The van der Waals surface area contributed by atoms with Gasteiger partial charge in [0.05, 0.1) is 0 Å². The molecular formula is C20H30ClNO2. The van der Waals surface area contributed by atoms with Crippen LogP contribution >= 0.6 is 12.4 Å². The van der Waals surface area contributed by atoms with Crippen molar-refractivity contribution in [3.63, 3.8) is 0 Å². The summed E-state index contributed by atoms with van der Waals surface area (Å²) in [5, 5.41) is 0. The van der Waals surface area contributed by atoms with E-state index in [4.69, 9.17) is 4.74 Å². The lowest BCUT2D eigenvalue weighted by atomic mass is 9.75. The van der Waals surface area contributed by atoms with E-state index in [-0.39, 0.29) is 18.4 Å². The molecule has 0 aromatic heterocycles. The predicted molar refractivity (Wildman–Crippen MR) is 99.4 cm³/mol. The number of piperidine rings is 1. The first kappa shape index (κ1) is 19.3. The van der Waals surface area contributed by atoms with E-state index in [2.05, 4.69) is 24.0 Å². The number of likely N-dealkylation sites (tertiary alicyclic amines) is 1. The topological polar surface area (TPSA) is 29.5 Å². The van der Waals surface area contributed by atoms with Gasteiger partial charge in [-0.15, -0.1) is 12.4 Å². The van der Waals surface area contributed by atoms with Crippen molar-refractivity contribution in [2.75, 3.05) is 13.1 Å². The Balaban J connectivity index is 0.00000208. The monoisotopic (exact) mass is 351 g/mol. The van der Waals surface area contributed by atoms with Gasteiger partial charge in [0, 0.05) is 38.4 Å². The van der Waals surface area contributed by atoms with E-state index in [1.54, 1.807) is 0 Å². The van der Waals surface area contributed by atoms with Crippen LogP contribution in [0.25, 0.3) is 0 Å². The zero-order valence-corrected chi connectivity index (χ0v) is 15.7. The second kappa shape index (κ2) is 8.35. The molecule has 1 aromatic rings. The van der Waals surface area contributed by atoms with Crippen LogP contribution in [0.5, 0.6) is 0 Å². The number of ether oxygens (including phenoxy) is 1. The molecule has 0 spiro atoms. The zero-order chi connectivity index (χ0) is 16.3. The number of benzene rings is 1. The Bertz CT molecular complexity index is 530. The minimum atomic E-state index is -0.460. The molecule has 1 aliphatic heterocycles. The van der Waals surface area contributed by atoms with Crippen LogP contribution in [0.4, 0.5) is 0 Å². The second-order valence-electron chi connectivity index (χ2n) is 7.29. The molecule has 3 nitrogen and oxygen atoms in total. The third-order valence-electron chi connectivity index (χ3n) is 5.75. The fourth-order valence-electron chi connectivity index (χ4n) is 4.54. The third kappa shape index (κ3) is 3.94. The van der Waals surface area contributed by atoms with E-state index in [1.807, 2.05) is 18.2 Å². The van der Waals surface area contributed by atoms with Crippen LogP contribution in [-0.2, 0) is 15.1 Å². The van der Waals surface area contributed by atoms with E-state index < -0.39 is 5.60 Å². The molecule has 1 saturated carbocycles. The summed E-state index contributed by atoms with van der Waals surface area (Å²) in [6.07, 6.45) is 7.68. The normalized spacial score (nSPS) is 28.8. The Morgan fingerprint density at radius 3 is 2.42 bits per heavy atom. The lowest BCUT2D eigenvalue weighted by Gasteiger charge is -2.48. The van der Waals surface area contributed by atoms with Crippen LogP contribution in [-0.4, -0.2) is 30.0 Å². The quantitative estimate of drug-likeness (QED) is 0.749. The average Bonchev–Trinajstić information content (AvgIpc) is 2.58. The summed E-state index contributed by atoms with van der Waals surface area (Å²) in [6, 6.07) is 11.1. The Morgan fingerprint density at radius 1 is 1.17 bits per heavy atom. The van der Waals surface area contributed by atoms with Crippen molar-refractivity contribution >= 4 is 18.4 Å². The molecule has 2 aliphatic rings. The fourth-order valence-corrected chi connectivity index (χ4v) is 4.54. The first-order valence-electron chi connectivity index (χ1n) is 9.11. The number of carbonyl (C=O) groups excluding carboxylic acids is 1.